The Kier molecular flexibility index (Phi) is 2.09. The van der Waals surface area contributed by atoms with Crippen LogP contribution in [-0.2, 0) is 0 Å². The van der Waals surface area contributed by atoms with Crippen molar-refractivity contribution >= 4 is 38.5 Å². The molecule has 0 amide bonds. The van der Waals surface area contributed by atoms with Crippen molar-refractivity contribution in [3.63, 3.8) is 0 Å². The van der Waals surface area contributed by atoms with Crippen LogP contribution in [0, 0.1) is 0 Å². The Balaban J connectivity index is 3.06. The third-order valence-electron chi connectivity index (χ3n) is 1.72. The van der Waals surface area contributed by atoms with Gasteiger partial charge in [0, 0.05) is 17.2 Å². The van der Waals surface area contributed by atoms with E-state index in [4.69, 9.17) is 11.8 Å². The predicted octanol–water partition coefficient (Wildman–Crippen LogP) is 2.16. The van der Waals surface area contributed by atoms with Crippen LogP contribution in [0.15, 0.2) is 33.7 Å². The van der Waals surface area contributed by atoms with Gasteiger partial charge in [-0.3, -0.25) is 4.79 Å². The zero-order valence-corrected chi connectivity index (χ0v) is 8.71. The number of benzene rings is 1. The first-order valence-electron chi connectivity index (χ1n) is 3.54. The van der Waals surface area contributed by atoms with Gasteiger partial charge in [-0.1, -0.05) is 18.2 Å². The van der Waals surface area contributed by atoms with Gasteiger partial charge in [0.25, 0.3) is 5.56 Å². The molecule has 13 heavy (non-hydrogen) atoms. The summed E-state index contributed by atoms with van der Waals surface area (Å²) in [5.41, 5.74) is -0.305. The van der Waals surface area contributed by atoms with E-state index in [9.17, 15) is 4.79 Å². The average Bonchev–Trinajstić information content (AvgIpc) is 2.15. The molecule has 0 unspecified atom stereocenters. The van der Waals surface area contributed by atoms with Crippen LogP contribution in [0.1, 0.15) is 0 Å². The molecule has 1 aromatic carbocycles. The van der Waals surface area contributed by atoms with E-state index in [2.05, 4.69) is 21.0 Å². The molecule has 0 N–H and O–H groups in total. The van der Waals surface area contributed by atoms with Crippen molar-refractivity contribution in [3.8, 4) is 0 Å². The summed E-state index contributed by atoms with van der Waals surface area (Å²) in [5, 5.41) is 5.11. The summed E-state index contributed by atoms with van der Waals surface area (Å²) in [6.07, 6.45) is 0. The van der Waals surface area contributed by atoms with E-state index in [1.165, 1.54) is 0 Å². The van der Waals surface area contributed by atoms with Crippen molar-refractivity contribution in [2.45, 2.75) is 0 Å². The van der Waals surface area contributed by atoms with Gasteiger partial charge in [-0.05, 0) is 22.0 Å². The highest BCUT2D eigenvalue weighted by Gasteiger charge is 2.05. The molecule has 0 aliphatic carbocycles. The molecular formula is C8H4BrClN2O. The number of fused-ring (bicyclic) bond motifs is 1. The van der Waals surface area contributed by atoms with Gasteiger partial charge in [0.2, 0.25) is 0 Å². The summed E-state index contributed by atoms with van der Waals surface area (Å²) in [5.74, 6) is 0. The molecule has 0 saturated heterocycles. The minimum atomic E-state index is -0.305. The highest BCUT2D eigenvalue weighted by molar-refractivity contribution is 9.10. The van der Waals surface area contributed by atoms with Crippen molar-refractivity contribution in [2.24, 2.45) is 0 Å². The summed E-state index contributed by atoms with van der Waals surface area (Å²) in [4.78, 5) is 11.4. The number of rotatable bonds is 0. The normalized spacial score (nSPS) is 10.6. The second kappa shape index (κ2) is 3.12. The lowest BCUT2D eigenvalue weighted by atomic mass is 10.2. The third-order valence-corrected chi connectivity index (χ3v) is 2.54. The summed E-state index contributed by atoms with van der Waals surface area (Å²) < 4.78 is 1.37. The van der Waals surface area contributed by atoms with Gasteiger partial charge in [0.05, 0.1) is 5.39 Å². The molecule has 66 valence electrons. The minimum absolute atomic E-state index is 0.305. The van der Waals surface area contributed by atoms with Gasteiger partial charge in [-0.25, -0.2) is 0 Å². The smallest absolute Gasteiger partial charge is 0.266 e. The predicted molar refractivity (Wildman–Crippen MR) is 55.0 cm³/mol. The quantitative estimate of drug-likeness (QED) is 0.727. The molecule has 0 radical (unpaired) electrons. The molecule has 2 rings (SSSR count). The molecule has 1 aromatic heterocycles. The zero-order chi connectivity index (χ0) is 9.42. The van der Waals surface area contributed by atoms with Gasteiger partial charge < -0.3 is 0 Å². The molecule has 0 aliphatic rings. The molecule has 0 fully saturated rings. The number of aromatic nitrogens is 2. The lowest BCUT2D eigenvalue weighted by Gasteiger charge is -1.99. The molecule has 2 aromatic rings. The molecular weight excluding hydrogens is 255 g/mol. The van der Waals surface area contributed by atoms with E-state index < -0.39 is 0 Å². The Morgan fingerprint density at radius 2 is 1.92 bits per heavy atom. The van der Waals surface area contributed by atoms with Crippen LogP contribution >= 0.6 is 27.7 Å². The molecule has 0 saturated carbocycles. The fourth-order valence-corrected chi connectivity index (χ4v) is 1.89. The molecule has 3 nitrogen and oxygen atoms in total. The molecule has 0 atom stereocenters. The van der Waals surface area contributed by atoms with Crippen LogP contribution in [0.2, 0.25) is 0 Å². The maximum atomic E-state index is 11.4. The van der Waals surface area contributed by atoms with Crippen molar-refractivity contribution in [1.29, 1.82) is 0 Å². The fraction of sp³-hybridized carbons (Fsp3) is 0. The Hall–Kier alpha value is -0.870. The van der Waals surface area contributed by atoms with Gasteiger partial charge in [-0.15, -0.1) is 9.30 Å². The van der Waals surface area contributed by atoms with Crippen molar-refractivity contribution < 1.29 is 0 Å². The SMILES string of the molecule is O=c1c2ccccc2c(Br)nn1Cl. The Morgan fingerprint density at radius 3 is 2.62 bits per heavy atom. The van der Waals surface area contributed by atoms with E-state index in [-0.39, 0.29) is 5.56 Å². The van der Waals surface area contributed by atoms with Crippen molar-refractivity contribution in [2.75, 3.05) is 0 Å². The third kappa shape index (κ3) is 1.36. The minimum Gasteiger partial charge on any atom is -0.266 e. The van der Waals surface area contributed by atoms with Crippen LogP contribution in [-0.4, -0.2) is 9.30 Å². The lowest BCUT2D eigenvalue weighted by molar-refractivity contribution is 0.904. The second-order valence-corrected chi connectivity index (χ2v) is 3.57. The summed E-state index contributed by atoms with van der Waals surface area (Å²) in [6.45, 7) is 0. The van der Waals surface area contributed by atoms with Crippen LogP contribution < -0.4 is 5.56 Å². The van der Waals surface area contributed by atoms with E-state index in [1.54, 1.807) is 12.1 Å². The first kappa shape index (κ1) is 8.72. The largest absolute Gasteiger partial charge is 0.290 e. The average molecular weight is 259 g/mol. The van der Waals surface area contributed by atoms with E-state index >= 15 is 0 Å². The first-order chi connectivity index (χ1) is 6.20. The van der Waals surface area contributed by atoms with E-state index in [0.29, 0.717) is 9.99 Å². The Labute approximate surface area is 87.2 Å². The number of nitrogens with zero attached hydrogens (tertiary/aromatic N) is 2. The van der Waals surface area contributed by atoms with Gasteiger partial charge >= 0.3 is 0 Å². The number of halogens is 2. The van der Waals surface area contributed by atoms with Crippen LogP contribution in [0.3, 0.4) is 0 Å². The first-order valence-corrected chi connectivity index (χ1v) is 4.67. The van der Waals surface area contributed by atoms with Crippen LogP contribution in [0.5, 0.6) is 0 Å². The second-order valence-electron chi connectivity index (χ2n) is 2.50. The standard InChI is InChI=1S/C8H4BrClN2O/c9-7-5-3-1-2-4-6(5)8(13)12(10)11-7/h1-4H. The van der Waals surface area contributed by atoms with Crippen LogP contribution in [0.25, 0.3) is 10.8 Å². The highest BCUT2D eigenvalue weighted by atomic mass is 79.9. The van der Waals surface area contributed by atoms with Gasteiger partial charge in [0.1, 0.15) is 4.60 Å². The monoisotopic (exact) mass is 258 g/mol. The summed E-state index contributed by atoms with van der Waals surface area (Å²) in [6, 6.07) is 7.15. The highest BCUT2D eigenvalue weighted by Crippen LogP contribution is 2.17. The summed E-state index contributed by atoms with van der Waals surface area (Å²) >= 11 is 8.78. The summed E-state index contributed by atoms with van der Waals surface area (Å²) in [7, 11) is 0. The van der Waals surface area contributed by atoms with E-state index in [1.807, 2.05) is 12.1 Å². The lowest BCUT2D eigenvalue weighted by Crippen LogP contribution is -2.15. The Bertz CT molecular complexity index is 523. The molecule has 1 heterocycles. The fourth-order valence-electron chi connectivity index (χ4n) is 1.13. The van der Waals surface area contributed by atoms with Gasteiger partial charge in [-0.2, -0.15) is 0 Å². The molecule has 0 bridgehead atoms. The van der Waals surface area contributed by atoms with Crippen molar-refractivity contribution in [1.82, 2.24) is 9.30 Å². The number of hydrogen-bond donors (Lipinski definition) is 0. The molecule has 5 heteroatoms. The molecule has 0 spiro atoms. The Morgan fingerprint density at radius 1 is 1.31 bits per heavy atom. The van der Waals surface area contributed by atoms with E-state index in [0.717, 1.165) is 9.59 Å². The maximum Gasteiger partial charge on any atom is 0.290 e. The topological polar surface area (TPSA) is 34.9 Å². The van der Waals surface area contributed by atoms with Crippen molar-refractivity contribution in [3.05, 3.63) is 39.2 Å². The number of hydrogen-bond acceptors (Lipinski definition) is 2. The maximum absolute atomic E-state index is 11.4. The molecule has 0 aliphatic heterocycles. The van der Waals surface area contributed by atoms with Crippen LogP contribution in [0.4, 0.5) is 0 Å². The zero-order valence-electron chi connectivity index (χ0n) is 6.37. The van der Waals surface area contributed by atoms with Gasteiger partial charge in [0.15, 0.2) is 0 Å².